The number of benzene rings is 3. The molecule has 1 aliphatic heterocycles. The zero-order valence-electron chi connectivity index (χ0n) is 20.3. The molecule has 1 unspecified atom stereocenters. The summed E-state index contributed by atoms with van der Waals surface area (Å²) in [5, 5.41) is 11.8. The largest absolute Gasteiger partial charge is 0.503 e. The van der Waals surface area contributed by atoms with Crippen molar-refractivity contribution in [2.45, 2.75) is 13.0 Å². The number of aliphatic hydroxyl groups is 1. The number of anilines is 2. The van der Waals surface area contributed by atoms with Gasteiger partial charge in [0.2, 0.25) is 5.78 Å². The highest BCUT2D eigenvalue weighted by Gasteiger charge is 2.45. The molecule has 0 spiro atoms. The lowest BCUT2D eigenvalue weighted by atomic mass is 9.94. The van der Waals surface area contributed by atoms with Gasteiger partial charge in [0.1, 0.15) is 11.3 Å². The Labute approximate surface area is 208 Å². The quantitative estimate of drug-likeness (QED) is 0.341. The molecule has 0 aliphatic carbocycles. The maximum absolute atomic E-state index is 13.8. The van der Waals surface area contributed by atoms with E-state index in [1.807, 2.05) is 68.4 Å². The van der Waals surface area contributed by atoms with E-state index in [9.17, 15) is 14.7 Å². The average Bonchev–Trinajstić information content (AvgIpc) is 3.43. The molecular formula is C29H26N2O5. The molecule has 182 valence electrons. The van der Waals surface area contributed by atoms with E-state index >= 15 is 0 Å². The van der Waals surface area contributed by atoms with Crippen LogP contribution >= 0.6 is 0 Å². The van der Waals surface area contributed by atoms with E-state index < -0.39 is 23.5 Å². The van der Waals surface area contributed by atoms with Gasteiger partial charge in [-0.25, -0.2) is 0 Å². The van der Waals surface area contributed by atoms with Crippen LogP contribution in [0.4, 0.5) is 11.4 Å². The number of hydrogen-bond donors (Lipinski definition) is 1. The van der Waals surface area contributed by atoms with Crippen LogP contribution in [0.5, 0.6) is 5.75 Å². The molecule has 0 saturated carbocycles. The van der Waals surface area contributed by atoms with E-state index in [-0.39, 0.29) is 11.3 Å². The van der Waals surface area contributed by atoms with Gasteiger partial charge in [0.25, 0.3) is 5.91 Å². The molecule has 36 heavy (non-hydrogen) atoms. The first-order valence-corrected chi connectivity index (χ1v) is 11.7. The molecule has 5 rings (SSSR count). The van der Waals surface area contributed by atoms with Crippen molar-refractivity contribution in [3.63, 3.8) is 0 Å². The van der Waals surface area contributed by atoms with E-state index in [1.165, 1.54) is 4.90 Å². The Bertz CT molecular complexity index is 1450. The average molecular weight is 483 g/mol. The minimum absolute atomic E-state index is 0.0376. The van der Waals surface area contributed by atoms with Gasteiger partial charge in [-0.1, -0.05) is 30.3 Å². The Kier molecular flexibility index (Phi) is 5.98. The first kappa shape index (κ1) is 23.2. The second kappa shape index (κ2) is 9.26. The summed E-state index contributed by atoms with van der Waals surface area (Å²) in [4.78, 5) is 30.6. The molecule has 1 amide bonds. The predicted octanol–water partition coefficient (Wildman–Crippen LogP) is 5.68. The van der Waals surface area contributed by atoms with Gasteiger partial charge < -0.3 is 19.2 Å². The van der Waals surface area contributed by atoms with Crippen LogP contribution in [0.25, 0.3) is 11.0 Å². The summed E-state index contributed by atoms with van der Waals surface area (Å²) in [6.45, 7) is 2.35. The molecule has 7 heteroatoms. The number of rotatable bonds is 7. The van der Waals surface area contributed by atoms with Crippen LogP contribution in [0.3, 0.4) is 0 Å². The number of Topliss-reactive ketones (excluding diaryl/α,β-unsaturated/α-hetero) is 1. The molecule has 0 fully saturated rings. The lowest BCUT2D eigenvalue weighted by Crippen LogP contribution is -2.31. The molecule has 2 heterocycles. The van der Waals surface area contributed by atoms with Crippen molar-refractivity contribution in [2.75, 3.05) is 30.5 Å². The Balaban J connectivity index is 1.64. The molecule has 0 bridgehead atoms. The van der Waals surface area contributed by atoms with Crippen molar-refractivity contribution in [3.8, 4) is 5.75 Å². The fourth-order valence-corrected chi connectivity index (χ4v) is 4.50. The van der Waals surface area contributed by atoms with E-state index in [0.717, 1.165) is 11.1 Å². The Morgan fingerprint density at radius 2 is 1.78 bits per heavy atom. The number of ketones is 1. The summed E-state index contributed by atoms with van der Waals surface area (Å²) in [6, 6.07) is 22.6. The number of aliphatic hydroxyl groups excluding tert-OH is 1. The first-order valence-electron chi connectivity index (χ1n) is 11.7. The van der Waals surface area contributed by atoms with Crippen molar-refractivity contribution in [1.82, 2.24) is 0 Å². The number of para-hydroxylation sites is 1. The topological polar surface area (TPSA) is 83.2 Å². The summed E-state index contributed by atoms with van der Waals surface area (Å²) in [5.74, 6) is -1.13. The summed E-state index contributed by atoms with van der Waals surface area (Å²) >= 11 is 0. The number of nitrogens with zero attached hydrogens (tertiary/aromatic N) is 2. The maximum Gasteiger partial charge on any atom is 0.294 e. The van der Waals surface area contributed by atoms with Crippen molar-refractivity contribution in [3.05, 3.63) is 102 Å². The summed E-state index contributed by atoms with van der Waals surface area (Å²) in [7, 11) is 3.85. The van der Waals surface area contributed by atoms with Gasteiger partial charge >= 0.3 is 0 Å². The summed E-state index contributed by atoms with van der Waals surface area (Å²) < 4.78 is 11.5. The number of furan rings is 1. The number of carbonyl (C=O) groups is 2. The zero-order valence-corrected chi connectivity index (χ0v) is 20.3. The van der Waals surface area contributed by atoms with Crippen LogP contribution in [0.1, 0.15) is 29.1 Å². The van der Waals surface area contributed by atoms with Crippen molar-refractivity contribution in [1.29, 1.82) is 0 Å². The molecular weight excluding hydrogens is 456 g/mol. The smallest absolute Gasteiger partial charge is 0.294 e. The van der Waals surface area contributed by atoms with Gasteiger partial charge in [-0.3, -0.25) is 14.5 Å². The third-order valence-corrected chi connectivity index (χ3v) is 6.23. The van der Waals surface area contributed by atoms with Crippen LogP contribution < -0.4 is 14.5 Å². The zero-order chi connectivity index (χ0) is 25.4. The molecule has 1 N–H and O–H groups in total. The SMILES string of the molecule is CCOc1cccc(C2C(C(=O)c3cc4ccccc4o3)=C(O)C(=O)N2c2ccc(N(C)C)cc2)c1. The van der Waals surface area contributed by atoms with E-state index in [4.69, 9.17) is 9.15 Å². The minimum atomic E-state index is -0.871. The van der Waals surface area contributed by atoms with Crippen LogP contribution in [-0.4, -0.2) is 37.5 Å². The van der Waals surface area contributed by atoms with Gasteiger partial charge in [-0.05, 0) is 61.0 Å². The number of carbonyl (C=O) groups excluding carboxylic acids is 2. The Hall–Kier alpha value is -4.52. The van der Waals surface area contributed by atoms with E-state index in [1.54, 1.807) is 36.4 Å². The number of fused-ring (bicyclic) bond motifs is 1. The fraction of sp³-hybridized carbons (Fsp3) is 0.172. The van der Waals surface area contributed by atoms with Crippen molar-refractivity contribution in [2.24, 2.45) is 0 Å². The van der Waals surface area contributed by atoms with Gasteiger partial charge in [0.05, 0.1) is 18.2 Å². The lowest BCUT2D eigenvalue weighted by Gasteiger charge is -2.27. The fourth-order valence-electron chi connectivity index (χ4n) is 4.50. The van der Waals surface area contributed by atoms with Crippen LogP contribution in [0.15, 0.2) is 94.6 Å². The maximum atomic E-state index is 13.8. The monoisotopic (exact) mass is 482 g/mol. The molecule has 0 radical (unpaired) electrons. The molecule has 0 saturated heterocycles. The molecule has 3 aromatic carbocycles. The van der Waals surface area contributed by atoms with Crippen LogP contribution in [0, 0.1) is 0 Å². The molecule has 1 aliphatic rings. The number of hydrogen-bond acceptors (Lipinski definition) is 6. The van der Waals surface area contributed by atoms with Crippen molar-refractivity contribution < 1.29 is 23.8 Å². The summed E-state index contributed by atoms with van der Waals surface area (Å²) in [6.07, 6.45) is 0. The van der Waals surface area contributed by atoms with Gasteiger partial charge in [-0.2, -0.15) is 0 Å². The summed E-state index contributed by atoms with van der Waals surface area (Å²) in [5.41, 5.74) is 2.66. The van der Waals surface area contributed by atoms with Gasteiger partial charge in [0.15, 0.2) is 11.5 Å². The van der Waals surface area contributed by atoms with Crippen LogP contribution in [0.2, 0.25) is 0 Å². The predicted molar refractivity (Wildman–Crippen MR) is 139 cm³/mol. The van der Waals surface area contributed by atoms with Gasteiger partial charge in [0, 0.05) is 30.9 Å². The normalized spacial score (nSPS) is 15.6. The number of amides is 1. The molecule has 7 nitrogen and oxygen atoms in total. The van der Waals surface area contributed by atoms with Crippen molar-refractivity contribution >= 4 is 34.0 Å². The molecule has 1 atom stereocenters. The number of ether oxygens (including phenoxy) is 1. The lowest BCUT2D eigenvalue weighted by molar-refractivity contribution is -0.117. The standard InChI is InChI=1S/C29H26N2O5/c1-4-35-22-10-7-9-19(16-22)26-25(27(32)24-17-18-8-5-6-11-23(18)36-24)28(33)29(34)31(26)21-14-12-20(13-15-21)30(2)3/h5-17,26,33H,4H2,1-3H3. The van der Waals surface area contributed by atoms with E-state index in [2.05, 4.69) is 0 Å². The minimum Gasteiger partial charge on any atom is -0.503 e. The highest BCUT2D eigenvalue weighted by molar-refractivity contribution is 6.20. The third kappa shape index (κ3) is 3.98. The Morgan fingerprint density at radius 1 is 1.03 bits per heavy atom. The second-order valence-corrected chi connectivity index (χ2v) is 8.73. The van der Waals surface area contributed by atoms with E-state index in [0.29, 0.717) is 29.2 Å². The third-order valence-electron chi connectivity index (χ3n) is 6.23. The molecule has 1 aromatic heterocycles. The molecule has 4 aromatic rings. The second-order valence-electron chi connectivity index (χ2n) is 8.73. The first-order chi connectivity index (χ1) is 17.4. The van der Waals surface area contributed by atoms with Gasteiger partial charge in [-0.15, -0.1) is 0 Å². The Morgan fingerprint density at radius 3 is 2.47 bits per heavy atom. The highest BCUT2D eigenvalue weighted by Crippen LogP contribution is 2.43. The van der Waals surface area contributed by atoms with Crippen LogP contribution in [-0.2, 0) is 4.79 Å². The highest BCUT2D eigenvalue weighted by atomic mass is 16.5.